The summed E-state index contributed by atoms with van der Waals surface area (Å²) in [5, 5.41) is 4.79. The van der Waals surface area contributed by atoms with E-state index in [9.17, 15) is 18.0 Å². The third-order valence-corrected chi connectivity index (χ3v) is 5.17. The van der Waals surface area contributed by atoms with Crippen molar-refractivity contribution in [2.24, 2.45) is 0 Å². The molecule has 0 aliphatic heterocycles. The monoisotopic (exact) mass is 428 g/mol. The molecule has 0 spiro atoms. The van der Waals surface area contributed by atoms with Crippen LogP contribution in [0.2, 0.25) is 0 Å². The molecule has 1 N–H and O–H groups in total. The minimum atomic E-state index is -4.41. The maximum absolute atomic E-state index is 12.9. The topological polar surface area (TPSA) is 72.8 Å². The van der Waals surface area contributed by atoms with Crippen molar-refractivity contribution in [3.63, 3.8) is 0 Å². The van der Waals surface area contributed by atoms with Crippen LogP contribution in [0.25, 0.3) is 22.4 Å². The molecule has 2 aromatic carbocycles. The van der Waals surface area contributed by atoms with Crippen molar-refractivity contribution < 1.29 is 17.9 Å². The van der Waals surface area contributed by atoms with Crippen LogP contribution in [0.5, 0.6) is 5.75 Å². The number of rotatable bonds is 4. The lowest BCUT2D eigenvalue weighted by molar-refractivity contribution is -0.137. The Morgan fingerprint density at radius 2 is 1.84 bits per heavy atom. The average Bonchev–Trinajstić information content (AvgIpc) is 3.09. The standard InChI is InChI=1S/C22H19F3N4O2/c1-12-18-20(26-19(27-21(18)30)15-5-4-6-17(11-15)31-3)29(28-12)13(2)14-7-9-16(10-8-14)22(23,24)25/h4-11,13H,1-3H3,(H,26,27,30). The van der Waals surface area contributed by atoms with E-state index in [1.165, 1.54) is 12.1 Å². The molecule has 0 amide bonds. The number of alkyl halides is 3. The molecule has 4 rings (SSSR count). The molecule has 0 bridgehead atoms. The first kappa shape index (κ1) is 20.6. The van der Waals surface area contributed by atoms with Gasteiger partial charge in [-0.15, -0.1) is 0 Å². The maximum Gasteiger partial charge on any atom is 0.416 e. The van der Waals surface area contributed by atoms with Crippen molar-refractivity contribution >= 4 is 11.0 Å². The molecule has 0 aliphatic carbocycles. The first-order valence-electron chi connectivity index (χ1n) is 9.49. The van der Waals surface area contributed by atoms with Crippen molar-refractivity contribution in [2.75, 3.05) is 7.11 Å². The molecular weight excluding hydrogens is 409 g/mol. The fourth-order valence-corrected chi connectivity index (χ4v) is 3.48. The smallest absolute Gasteiger partial charge is 0.416 e. The molecule has 160 valence electrons. The van der Waals surface area contributed by atoms with Crippen molar-refractivity contribution in [3.8, 4) is 17.1 Å². The molecule has 4 aromatic rings. The second kappa shape index (κ2) is 7.57. The number of nitrogens with zero attached hydrogens (tertiary/aromatic N) is 3. The Balaban J connectivity index is 1.83. The quantitative estimate of drug-likeness (QED) is 0.510. The van der Waals surface area contributed by atoms with Crippen LogP contribution >= 0.6 is 0 Å². The highest BCUT2D eigenvalue weighted by atomic mass is 19.4. The number of methoxy groups -OCH3 is 1. The molecule has 0 saturated carbocycles. The normalized spacial score (nSPS) is 12.8. The molecule has 6 nitrogen and oxygen atoms in total. The number of halogens is 3. The summed E-state index contributed by atoms with van der Waals surface area (Å²) < 4.78 is 45.4. The van der Waals surface area contributed by atoms with Crippen molar-refractivity contribution in [1.82, 2.24) is 19.7 Å². The maximum atomic E-state index is 12.9. The first-order chi connectivity index (χ1) is 14.7. The molecule has 0 fully saturated rings. The molecule has 2 aromatic heterocycles. The minimum absolute atomic E-state index is 0.338. The van der Waals surface area contributed by atoms with Crippen LogP contribution in [0.4, 0.5) is 13.2 Å². The van der Waals surface area contributed by atoms with Gasteiger partial charge in [-0.25, -0.2) is 9.67 Å². The zero-order chi connectivity index (χ0) is 22.3. The third kappa shape index (κ3) is 3.78. The lowest BCUT2D eigenvalue weighted by Gasteiger charge is -2.15. The predicted molar refractivity (Wildman–Crippen MR) is 110 cm³/mol. The highest BCUT2D eigenvalue weighted by Gasteiger charge is 2.30. The van der Waals surface area contributed by atoms with Gasteiger partial charge in [-0.3, -0.25) is 4.79 Å². The van der Waals surface area contributed by atoms with Gasteiger partial charge in [0.1, 0.15) is 17.0 Å². The third-order valence-electron chi connectivity index (χ3n) is 5.17. The van der Waals surface area contributed by atoms with Crippen molar-refractivity contribution in [1.29, 1.82) is 0 Å². The van der Waals surface area contributed by atoms with E-state index in [4.69, 9.17) is 4.74 Å². The van der Waals surface area contributed by atoms with Gasteiger partial charge in [-0.05, 0) is 43.7 Å². The second-order valence-electron chi connectivity index (χ2n) is 7.17. The number of aromatic nitrogens is 4. The predicted octanol–water partition coefficient (Wildman–Crippen LogP) is 4.73. The number of fused-ring (bicyclic) bond motifs is 1. The Hall–Kier alpha value is -3.62. The molecule has 31 heavy (non-hydrogen) atoms. The number of H-pyrrole nitrogens is 1. The number of benzene rings is 2. The summed E-state index contributed by atoms with van der Waals surface area (Å²) in [6.45, 7) is 3.49. The highest BCUT2D eigenvalue weighted by molar-refractivity contribution is 5.79. The van der Waals surface area contributed by atoms with E-state index in [2.05, 4.69) is 15.1 Å². The number of aryl methyl sites for hydroxylation is 1. The first-order valence-corrected chi connectivity index (χ1v) is 9.49. The van der Waals surface area contributed by atoms with Crippen LogP contribution < -0.4 is 10.3 Å². The fourth-order valence-electron chi connectivity index (χ4n) is 3.48. The van der Waals surface area contributed by atoms with Crippen LogP contribution in [-0.2, 0) is 6.18 Å². The van der Waals surface area contributed by atoms with Gasteiger partial charge in [0.15, 0.2) is 5.65 Å². The average molecular weight is 428 g/mol. The Bertz CT molecular complexity index is 1310. The molecule has 2 heterocycles. The number of hydrogen-bond acceptors (Lipinski definition) is 4. The number of hydrogen-bond donors (Lipinski definition) is 1. The molecule has 1 atom stereocenters. The van der Waals surface area contributed by atoms with E-state index >= 15 is 0 Å². The summed E-state index contributed by atoms with van der Waals surface area (Å²) >= 11 is 0. The van der Waals surface area contributed by atoms with Gasteiger partial charge in [-0.2, -0.15) is 18.3 Å². The zero-order valence-corrected chi connectivity index (χ0v) is 17.0. The molecule has 9 heteroatoms. The molecule has 0 aliphatic rings. The van der Waals surface area contributed by atoms with E-state index in [1.54, 1.807) is 49.9 Å². The Labute approximate surface area is 175 Å². The highest BCUT2D eigenvalue weighted by Crippen LogP contribution is 2.31. The number of nitrogens with one attached hydrogen (secondary N) is 1. The second-order valence-corrected chi connectivity index (χ2v) is 7.17. The Morgan fingerprint density at radius 3 is 2.48 bits per heavy atom. The molecule has 0 saturated heterocycles. The molecule has 1 unspecified atom stereocenters. The summed E-state index contributed by atoms with van der Waals surface area (Å²) in [7, 11) is 1.54. The van der Waals surface area contributed by atoms with Crippen LogP contribution in [0.1, 0.15) is 29.8 Å². The minimum Gasteiger partial charge on any atom is -0.497 e. The van der Waals surface area contributed by atoms with Gasteiger partial charge in [-0.1, -0.05) is 24.3 Å². The van der Waals surface area contributed by atoms with Gasteiger partial charge in [0, 0.05) is 5.56 Å². The molecular formula is C22H19F3N4O2. The van der Waals surface area contributed by atoms with Crippen molar-refractivity contribution in [2.45, 2.75) is 26.1 Å². The van der Waals surface area contributed by atoms with E-state index in [0.717, 1.165) is 12.1 Å². The fraction of sp³-hybridized carbons (Fsp3) is 0.227. The summed E-state index contributed by atoms with van der Waals surface area (Å²) in [4.78, 5) is 20.2. The van der Waals surface area contributed by atoms with E-state index < -0.39 is 17.8 Å². The Morgan fingerprint density at radius 1 is 1.13 bits per heavy atom. The summed E-state index contributed by atoms with van der Waals surface area (Å²) in [5.41, 5.74) is 1.05. The van der Waals surface area contributed by atoms with E-state index in [-0.39, 0.29) is 5.56 Å². The van der Waals surface area contributed by atoms with E-state index in [1.807, 2.05) is 0 Å². The van der Waals surface area contributed by atoms with Gasteiger partial charge in [0.25, 0.3) is 5.56 Å². The summed E-state index contributed by atoms with van der Waals surface area (Å²) in [5.74, 6) is 0.959. The lowest BCUT2D eigenvalue weighted by atomic mass is 10.1. The number of aromatic amines is 1. The van der Waals surface area contributed by atoms with Gasteiger partial charge in [0.05, 0.1) is 24.4 Å². The largest absolute Gasteiger partial charge is 0.497 e. The summed E-state index contributed by atoms with van der Waals surface area (Å²) in [6, 6.07) is 11.5. The van der Waals surface area contributed by atoms with E-state index in [0.29, 0.717) is 39.4 Å². The zero-order valence-electron chi connectivity index (χ0n) is 17.0. The lowest BCUT2D eigenvalue weighted by Crippen LogP contribution is -2.13. The van der Waals surface area contributed by atoms with Gasteiger partial charge in [0.2, 0.25) is 0 Å². The van der Waals surface area contributed by atoms with Crippen LogP contribution in [0.15, 0.2) is 53.3 Å². The summed E-state index contributed by atoms with van der Waals surface area (Å²) in [6.07, 6.45) is -4.41. The van der Waals surface area contributed by atoms with Crippen LogP contribution in [0.3, 0.4) is 0 Å². The van der Waals surface area contributed by atoms with Crippen molar-refractivity contribution in [3.05, 3.63) is 75.7 Å². The SMILES string of the molecule is COc1cccc(-c2nc3c(c(C)nn3C(C)c3ccc(C(F)(F)F)cc3)c(=O)[nH]2)c1. The van der Waals surface area contributed by atoms with Crippen LogP contribution in [-0.4, -0.2) is 26.9 Å². The number of ether oxygens (including phenoxy) is 1. The Kier molecular flexibility index (Phi) is 5.04. The van der Waals surface area contributed by atoms with Gasteiger partial charge < -0.3 is 9.72 Å². The van der Waals surface area contributed by atoms with Gasteiger partial charge >= 0.3 is 6.18 Å². The van der Waals surface area contributed by atoms with Crippen LogP contribution in [0, 0.1) is 6.92 Å². The molecule has 0 radical (unpaired) electrons.